The number of likely N-dealkylation sites (tertiary alicyclic amines) is 1. The molecule has 0 radical (unpaired) electrons. The quantitative estimate of drug-likeness (QED) is 0.752. The third-order valence-corrected chi connectivity index (χ3v) is 3.11. The van der Waals surface area contributed by atoms with E-state index in [2.05, 4.69) is 4.90 Å². The van der Waals surface area contributed by atoms with E-state index in [0.717, 1.165) is 26.1 Å². The number of piperidine rings is 1. The highest BCUT2D eigenvalue weighted by Crippen LogP contribution is 2.11. The number of benzene rings is 1. The zero-order chi connectivity index (χ0) is 12.8. The summed E-state index contributed by atoms with van der Waals surface area (Å²) in [5.41, 5.74) is 0. The summed E-state index contributed by atoms with van der Waals surface area (Å²) in [6.45, 7) is 3.31. The highest BCUT2D eigenvalue weighted by Gasteiger charge is 2.15. The van der Waals surface area contributed by atoms with Gasteiger partial charge >= 0.3 is 0 Å². The Bertz CT molecular complexity index is 381. The zero-order valence-corrected chi connectivity index (χ0v) is 10.4. The lowest BCUT2D eigenvalue weighted by atomic mass is 10.1. The van der Waals surface area contributed by atoms with Gasteiger partial charge in [-0.15, -0.1) is 0 Å². The van der Waals surface area contributed by atoms with E-state index in [4.69, 9.17) is 4.74 Å². The molecule has 1 aliphatic rings. The van der Waals surface area contributed by atoms with E-state index in [9.17, 15) is 9.18 Å². The molecule has 2 rings (SSSR count). The molecule has 1 aromatic carbocycles. The number of Topliss-reactive ketones (excluding diaryl/α,β-unsaturated/α-hetero) is 1. The summed E-state index contributed by atoms with van der Waals surface area (Å²) in [6, 6.07) is 6.06. The van der Waals surface area contributed by atoms with Crippen molar-refractivity contribution < 1.29 is 13.9 Å². The van der Waals surface area contributed by atoms with Crippen molar-refractivity contribution in [1.29, 1.82) is 0 Å². The number of hydrogen-bond donors (Lipinski definition) is 0. The van der Waals surface area contributed by atoms with Gasteiger partial charge < -0.3 is 9.64 Å². The minimum absolute atomic E-state index is 0.250. The summed E-state index contributed by atoms with van der Waals surface area (Å²) in [4.78, 5) is 13.4. The van der Waals surface area contributed by atoms with Crippen LogP contribution in [-0.4, -0.2) is 36.9 Å². The summed E-state index contributed by atoms with van der Waals surface area (Å²) >= 11 is 0. The maximum Gasteiger partial charge on any atom is 0.135 e. The van der Waals surface area contributed by atoms with Crippen molar-refractivity contribution in [3.63, 3.8) is 0 Å². The van der Waals surface area contributed by atoms with Crippen molar-refractivity contribution in [3.05, 3.63) is 30.1 Å². The van der Waals surface area contributed by atoms with Crippen LogP contribution in [0, 0.1) is 5.82 Å². The molecule has 0 aliphatic carbocycles. The van der Waals surface area contributed by atoms with Crippen LogP contribution in [0.2, 0.25) is 0 Å². The Balaban J connectivity index is 1.61. The van der Waals surface area contributed by atoms with Crippen molar-refractivity contribution in [3.8, 4) is 5.75 Å². The number of carbonyl (C=O) groups excluding carboxylic acids is 1. The van der Waals surface area contributed by atoms with Crippen molar-refractivity contribution >= 4 is 5.78 Å². The third kappa shape index (κ3) is 4.11. The van der Waals surface area contributed by atoms with Gasteiger partial charge in [-0.3, -0.25) is 4.79 Å². The molecule has 1 fully saturated rings. The lowest BCUT2D eigenvalue weighted by Crippen LogP contribution is -2.34. The molecule has 4 heteroatoms. The van der Waals surface area contributed by atoms with Gasteiger partial charge in [0.1, 0.15) is 17.3 Å². The molecule has 0 spiro atoms. The average Bonchev–Trinajstić information content (AvgIpc) is 2.39. The van der Waals surface area contributed by atoms with Crippen LogP contribution in [-0.2, 0) is 4.79 Å². The molecule has 1 saturated heterocycles. The van der Waals surface area contributed by atoms with Gasteiger partial charge in [0, 0.05) is 32.5 Å². The molecule has 1 aromatic rings. The Hall–Kier alpha value is -1.42. The fourth-order valence-electron chi connectivity index (χ4n) is 2.04. The van der Waals surface area contributed by atoms with Crippen LogP contribution >= 0.6 is 0 Å². The fraction of sp³-hybridized carbons (Fsp3) is 0.500. The van der Waals surface area contributed by atoms with E-state index in [1.165, 1.54) is 12.1 Å². The number of ketones is 1. The summed E-state index contributed by atoms with van der Waals surface area (Å²) in [7, 11) is 0. The van der Waals surface area contributed by atoms with Crippen molar-refractivity contribution in [2.24, 2.45) is 0 Å². The van der Waals surface area contributed by atoms with E-state index < -0.39 is 0 Å². The van der Waals surface area contributed by atoms with Crippen molar-refractivity contribution in [2.75, 3.05) is 26.2 Å². The third-order valence-electron chi connectivity index (χ3n) is 3.11. The summed E-state index contributed by atoms with van der Waals surface area (Å²) < 4.78 is 18.2. The Morgan fingerprint density at radius 3 is 2.50 bits per heavy atom. The maximum absolute atomic E-state index is 12.7. The molecular formula is C14H18FNO2. The Labute approximate surface area is 107 Å². The molecule has 0 aromatic heterocycles. The number of hydrogen-bond acceptors (Lipinski definition) is 3. The molecule has 18 heavy (non-hydrogen) atoms. The summed E-state index contributed by atoms with van der Waals surface area (Å²) in [5, 5.41) is 0. The minimum atomic E-state index is -0.250. The standard InChI is InChI=1S/C14H18FNO2/c15-12-2-4-14(5-3-12)18-11-1-8-16-9-6-13(17)7-10-16/h2-5H,1,6-11H2. The van der Waals surface area contributed by atoms with E-state index in [1.54, 1.807) is 12.1 Å². The van der Waals surface area contributed by atoms with Crippen LogP contribution < -0.4 is 4.74 Å². The number of carbonyl (C=O) groups is 1. The first-order chi connectivity index (χ1) is 8.74. The van der Waals surface area contributed by atoms with Gasteiger partial charge in [-0.2, -0.15) is 0 Å². The second kappa shape index (κ2) is 6.50. The monoisotopic (exact) mass is 251 g/mol. The SMILES string of the molecule is O=C1CCN(CCCOc2ccc(F)cc2)CC1. The Kier molecular flexibility index (Phi) is 4.70. The van der Waals surface area contributed by atoms with Gasteiger partial charge in [0.2, 0.25) is 0 Å². The van der Waals surface area contributed by atoms with Gasteiger partial charge in [0.05, 0.1) is 6.61 Å². The van der Waals surface area contributed by atoms with E-state index in [0.29, 0.717) is 31.0 Å². The second-order valence-corrected chi connectivity index (χ2v) is 4.54. The lowest BCUT2D eigenvalue weighted by molar-refractivity contribution is -0.121. The van der Waals surface area contributed by atoms with Crippen LogP contribution in [0.15, 0.2) is 24.3 Å². The Morgan fingerprint density at radius 1 is 1.17 bits per heavy atom. The van der Waals surface area contributed by atoms with E-state index in [1.807, 2.05) is 0 Å². The van der Waals surface area contributed by atoms with Crippen LogP contribution in [0.3, 0.4) is 0 Å². The number of nitrogens with zero attached hydrogens (tertiary/aromatic N) is 1. The van der Waals surface area contributed by atoms with Gasteiger partial charge in [0.15, 0.2) is 0 Å². The van der Waals surface area contributed by atoms with Crippen molar-refractivity contribution in [2.45, 2.75) is 19.3 Å². The molecule has 0 saturated carbocycles. The van der Waals surface area contributed by atoms with Crippen LogP contribution in [0.4, 0.5) is 4.39 Å². The smallest absolute Gasteiger partial charge is 0.135 e. The number of rotatable bonds is 5. The van der Waals surface area contributed by atoms with E-state index in [-0.39, 0.29) is 5.82 Å². The van der Waals surface area contributed by atoms with Gasteiger partial charge in [-0.25, -0.2) is 4.39 Å². The predicted octanol–water partition coefficient (Wildman–Crippen LogP) is 2.26. The van der Waals surface area contributed by atoms with Crippen LogP contribution in [0.1, 0.15) is 19.3 Å². The summed E-state index contributed by atoms with van der Waals surface area (Å²) in [6.07, 6.45) is 2.28. The molecule has 3 nitrogen and oxygen atoms in total. The second-order valence-electron chi connectivity index (χ2n) is 4.54. The first kappa shape index (κ1) is 13.0. The maximum atomic E-state index is 12.7. The molecule has 0 N–H and O–H groups in total. The topological polar surface area (TPSA) is 29.5 Å². The molecule has 98 valence electrons. The first-order valence-corrected chi connectivity index (χ1v) is 6.36. The predicted molar refractivity (Wildman–Crippen MR) is 67.2 cm³/mol. The van der Waals surface area contributed by atoms with Gasteiger partial charge in [0.25, 0.3) is 0 Å². The molecule has 0 atom stereocenters. The first-order valence-electron chi connectivity index (χ1n) is 6.36. The minimum Gasteiger partial charge on any atom is -0.494 e. The number of halogens is 1. The van der Waals surface area contributed by atoms with Crippen LogP contribution in [0.5, 0.6) is 5.75 Å². The summed E-state index contributed by atoms with van der Waals surface area (Å²) in [5.74, 6) is 0.819. The molecule has 1 heterocycles. The molecule has 0 unspecified atom stereocenters. The van der Waals surface area contributed by atoms with Crippen molar-refractivity contribution in [1.82, 2.24) is 4.90 Å². The van der Waals surface area contributed by atoms with Gasteiger partial charge in [-0.1, -0.05) is 0 Å². The normalized spacial score (nSPS) is 16.8. The zero-order valence-electron chi connectivity index (χ0n) is 10.4. The largest absolute Gasteiger partial charge is 0.494 e. The molecule has 0 amide bonds. The van der Waals surface area contributed by atoms with Crippen LogP contribution in [0.25, 0.3) is 0 Å². The molecular weight excluding hydrogens is 233 g/mol. The lowest BCUT2D eigenvalue weighted by Gasteiger charge is -2.25. The fourth-order valence-corrected chi connectivity index (χ4v) is 2.04. The van der Waals surface area contributed by atoms with Gasteiger partial charge in [-0.05, 0) is 30.7 Å². The molecule has 1 aliphatic heterocycles. The highest BCUT2D eigenvalue weighted by atomic mass is 19.1. The number of ether oxygens (including phenoxy) is 1. The highest BCUT2D eigenvalue weighted by molar-refractivity contribution is 5.79. The Morgan fingerprint density at radius 2 is 1.83 bits per heavy atom. The van der Waals surface area contributed by atoms with E-state index >= 15 is 0 Å². The molecule has 0 bridgehead atoms. The average molecular weight is 251 g/mol.